The van der Waals surface area contributed by atoms with Crippen LogP contribution in [0.4, 0.5) is 0 Å². The molecule has 12 heteroatoms. The Morgan fingerprint density at radius 3 is 2.58 bits per heavy atom. The Labute approximate surface area is 234 Å². The Kier molecular flexibility index (Phi) is 9.10. The SMILES string of the molecule is CN1CCN(CCOc2cc(-n3cc4cc(C(C)(C)C)[nH]c4nc3=O)ccc2C(=O)NCCCNC(=N)N)CC1. The van der Waals surface area contributed by atoms with Crippen LogP contribution in [0.25, 0.3) is 16.7 Å². The van der Waals surface area contributed by atoms with Gasteiger partial charge in [-0.25, -0.2) is 4.79 Å². The molecule has 6 N–H and O–H groups in total. The summed E-state index contributed by atoms with van der Waals surface area (Å²) in [7, 11) is 2.12. The number of aromatic nitrogens is 3. The predicted molar refractivity (Wildman–Crippen MR) is 157 cm³/mol. The molecule has 0 aliphatic carbocycles. The molecule has 1 aliphatic heterocycles. The van der Waals surface area contributed by atoms with Gasteiger partial charge in [-0.1, -0.05) is 20.8 Å². The average Bonchev–Trinajstić information content (AvgIpc) is 3.32. The fourth-order valence-electron chi connectivity index (χ4n) is 4.52. The number of nitrogens with one attached hydrogen (secondary N) is 4. The summed E-state index contributed by atoms with van der Waals surface area (Å²) in [5.41, 5.74) is 7.26. The second-order valence-electron chi connectivity index (χ2n) is 11.3. The van der Waals surface area contributed by atoms with E-state index in [-0.39, 0.29) is 17.3 Å². The molecule has 1 aromatic carbocycles. The predicted octanol–water partition coefficient (Wildman–Crippen LogP) is 1.24. The molecule has 3 heterocycles. The fourth-order valence-corrected chi connectivity index (χ4v) is 4.52. The van der Waals surface area contributed by atoms with Crippen LogP contribution in [0.3, 0.4) is 0 Å². The van der Waals surface area contributed by atoms with E-state index in [0.29, 0.717) is 48.8 Å². The van der Waals surface area contributed by atoms with Gasteiger partial charge >= 0.3 is 5.69 Å². The number of ether oxygens (including phenoxy) is 1. The van der Waals surface area contributed by atoms with Gasteiger partial charge in [0.25, 0.3) is 5.91 Å². The maximum absolute atomic E-state index is 13.1. The quantitative estimate of drug-likeness (QED) is 0.143. The van der Waals surface area contributed by atoms with Crippen LogP contribution in [-0.4, -0.2) is 95.7 Å². The van der Waals surface area contributed by atoms with Gasteiger partial charge in [0, 0.05) is 74.6 Å². The Morgan fingerprint density at radius 1 is 1.15 bits per heavy atom. The Hall–Kier alpha value is -3.90. The number of nitrogens with zero attached hydrogens (tertiary/aromatic N) is 4. The lowest BCUT2D eigenvalue weighted by molar-refractivity contribution is 0.0947. The zero-order chi connectivity index (χ0) is 28.9. The first-order chi connectivity index (χ1) is 19.0. The number of likely N-dealkylation sites (N-methyl/N-ethyl adjacent to an activating group) is 1. The summed E-state index contributed by atoms with van der Waals surface area (Å²) in [6, 6.07) is 7.14. The summed E-state index contributed by atoms with van der Waals surface area (Å²) in [5.74, 6) is 0.0305. The molecule has 0 atom stereocenters. The molecular formula is C28H41N9O3. The molecule has 0 spiro atoms. The van der Waals surface area contributed by atoms with Crippen molar-refractivity contribution in [1.29, 1.82) is 5.41 Å². The summed E-state index contributed by atoms with van der Waals surface area (Å²) < 4.78 is 7.65. The smallest absolute Gasteiger partial charge is 0.354 e. The van der Waals surface area contributed by atoms with Crippen LogP contribution in [0, 0.1) is 5.41 Å². The number of guanidine groups is 1. The Morgan fingerprint density at radius 2 is 1.88 bits per heavy atom. The van der Waals surface area contributed by atoms with E-state index in [9.17, 15) is 9.59 Å². The number of nitrogens with two attached hydrogens (primary N) is 1. The number of benzene rings is 1. The lowest BCUT2D eigenvalue weighted by Gasteiger charge is -2.32. The molecular weight excluding hydrogens is 510 g/mol. The second-order valence-corrected chi connectivity index (χ2v) is 11.3. The van der Waals surface area contributed by atoms with Crippen LogP contribution in [0.5, 0.6) is 5.75 Å². The minimum absolute atomic E-state index is 0.102. The Balaban J connectivity index is 1.56. The molecule has 1 saturated heterocycles. The number of H-pyrrole nitrogens is 1. The van der Waals surface area contributed by atoms with Crippen LogP contribution < -0.4 is 26.8 Å². The van der Waals surface area contributed by atoms with Crippen molar-refractivity contribution >= 4 is 22.9 Å². The zero-order valence-corrected chi connectivity index (χ0v) is 23.8. The molecule has 0 saturated carbocycles. The maximum atomic E-state index is 13.1. The number of carbonyl (C=O) groups is 1. The molecule has 40 heavy (non-hydrogen) atoms. The van der Waals surface area contributed by atoms with Crippen molar-refractivity contribution in [2.75, 3.05) is 59.5 Å². The van der Waals surface area contributed by atoms with Crippen molar-refractivity contribution in [2.45, 2.75) is 32.6 Å². The largest absolute Gasteiger partial charge is 0.491 e. The van der Waals surface area contributed by atoms with E-state index >= 15 is 0 Å². The molecule has 1 aliphatic rings. The van der Waals surface area contributed by atoms with Crippen molar-refractivity contribution in [1.82, 2.24) is 35.0 Å². The molecule has 4 rings (SSSR count). The number of carbonyl (C=O) groups excluding carboxylic acids is 1. The molecule has 1 amide bonds. The standard InChI is InChI=1S/C28H41N9O3/c1-28(2,3)23-16-19-18-37(27(39)34-24(19)33-23)20-6-7-21(25(38)31-8-5-9-32-26(29)30)22(17-20)40-15-14-36-12-10-35(4)11-13-36/h6-7,16-18H,5,8-15H2,1-4H3,(H,31,38)(H4,29,30,32)(H,33,34,39). The van der Waals surface area contributed by atoms with Crippen LogP contribution in [0.2, 0.25) is 0 Å². The summed E-state index contributed by atoms with van der Waals surface area (Å²) in [5, 5.41) is 13.7. The summed E-state index contributed by atoms with van der Waals surface area (Å²) in [4.78, 5) is 38.2. The van der Waals surface area contributed by atoms with Gasteiger partial charge in [-0.3, -0.25) is 19.7 Å². The van der Waals surface area contributed by atoms with Crippen molar-refractivity contribution < 1.29 is 9.53 Å². The number of aromatic amines is 1. The highest BCUT2D eigenvalue weighted by molar-refractivity contribution is 5.97. The first kappa shape index (κ1) is 29.1. The third kappa shape index (κ3) is 7.39. The number of rotatable bonds is 10. The normalized spacial score (nSPS) is 14.8. The highest BCUT2D eigenvalue weighted by Gasteiger charge is 2.19. The van der Waals surface area contributed by atoms with Crippen molar-refractivity contribution in [3.05, 3.63) is 52.2 Å². The van der Waals surface area contributed by atoms with E-state index in [1.165, 1.54) is 4.57 Å². The van der Waals surface area contributed by atoms with E-state index in [0.717, 1.165) is 43.8 Å². The van der Waals surface area contributed by atoms with Crippen molar-refractivity contribution in [3.8, 4) is 11.4 Å². The van der Waals surface area contributed by atoms with Gasteiger partial charge in [0.1, 0.15) is 18.0 Å². The van der Waals surface area contributed by atoms with Gasteiger partial charge in [-0.15, -0.1) is 0 Å². The lowest BCUT2D eigenvalue weighted by atomic mass is 9.92. The molecule has 2 aromatic heterocycles. The minimum Gasteiger partial charge on any atom is -0.491 e. The minimum atomic E-state index is -0.423. The van der Waals surface area contributed by atoms with E-state index in [1.54, 1.807) is 24.4 Å². The third-order valence-electron chi connectivity index (χ3n) is 7.02. The highest BCUT2D eigenvalue weighted by Crippen LogP contribution is 2.26. The van der Waals surface area contributed by atoms with Crippen LogP contribution in [0.15, 0.2) is 35.3 Å². The van der Waals surface area contributed by atoms with Gasteiger partial charge in [0.2, 0.25) is 0 Å². The second kappa shape index (κ2) is 12.5. The van der Waals surface area contributed by atoms with E-state index in [4.69, 9.17) is 15.9 Å². The summed E-state index contributed by atoms with van der Waals surface area (Å²) in [6.45, 7) is 12.3. The van der Waals surface area contributed by atoms with E-state index in [2.05, 4.69) is 58.2 Å². The molecule has 3 aromatic rings. The third-order valence-corrected chi connectivity index (χ3v) is 7.02. The lowest BCUT2D eigenvalue weighted by Crippen LogP contribution is -2.45. The molecule has 216 valence electrons. The number of fused-ring (bicyclic) bond motifs is 1. The van der Waals surface area contributed by atoms with Crippen LogP contribution >= 0.6 is 0 Å². The molecule has 0 unspecified atom stereocenters. The van der Waals surface area contributed by atoms with Gasteiger partial charge in [-0.05, 0) is 31.7 Å². The monoisotopic (exact) mass is 551 g/mol. The number of hydrogen-bond donors (Lipinski definition) is 5. The first-order valence-corrected chi connectivity index (χ1v) is 13.7. The molecule has 0 bridgehead atoms. The Bertz CT molecular complexity index is 1400. The van der Waals surface area contributed by atoms with E-state index < -0.39 is 5.69 Å². The molecule has 12 nitrogen and oxygen atoms in total. The number of amides is 1. The van der Waals surface area contributed by atoms with Gasteiger partial charge in [0.15, 0.2) is 5.96 Å². The zero-order valence-electron chi connectivity index (χ0n) is 23.8. The van der Waals surface area contributed by atoms with Gasteiger partial charge < -0.3 is 31.0 Å². The fraction of sp³-hybridized carbons (Fsp3) is 0.500. The molecule has 0 radical (unpaired) electrons. The highest BCUT2D eigenvalue weighted by atomic mass is 16.5. The summed E-state index contributed by atoms with van der Waals surface area (Å²) >= 11 is 0. The topological polar surface area (TPSA) is 157 Å². The number of piperazine rings is 1. The van der Waals surface area contributed by atoms with E-state index in [1.807, 2.05) is 6.07 Å². The molecule has 1 fully saturated rings. The van der Waals surface area contributed by atoms with Crippen molar-refractivity contribution in [2.24, 2.45) is 5.73 Å². The maximum Gasteiger partial charge on any atom is 0.354 e. The first-order valence-electron chi connectivity index (χ1n) is 13.7. The number of hydrogen-bond acceptors (Lipinski definition) is 7. The van der Waals surface area contributed by atoms with Gasteiger partial charge in [-0.2, -0.15) is 4.98 Å². The van der Waals surface area contributed by atoms with Crippen molar-refractivity contribution in [3.63, 3.8) is 0 Å². The van der Waals surface area contributed by atoms with Crippen LogP contribution in [-0.2, 0) is 5.41 Å². The van der Waals surface area contributed by atoms with Gasteiger partial charge in [0.05, 0.1) is 11.3 Å². The summed E-state index contributed by atoms with van der Waals surface area (Å²) in [6.07, 6.45) is 2.37. The van der Waals surface area contributed by atoms with Crippen LogP contribution in [0.1, 0.15) is 43.2 Å². The average molecular weight is 552 g/mol.